The fraction of sp³-hybridized carbons (Fsp3) is 0.143. The van der Waals surface area contributed by atoms with E-state index in [2.05, 4.69) is 0 Å². The maximum atomic E-state index is 14.0. The van der Waals surface area contributed by atoms with E-state index in [1.807, 2.05) is 0 Å². The minimum atomic E-state index is -4.79. The fourth-order valence-corrected chi connectivity index (χ4v) is 2.46. The van der Waals surface area contributed by atoms with Gasteiger partial charge in [0.1, 0.15) is 5.82 Å². The van der Waals surface area contributed by atoms with Crippen LogP contribution in [0.15, 0.2) is 36.4 Å². The Kier molecular flexibility index (Phi) is 4.46. The number of alkyl halides is 3. The molecule has 7 heteroatoms. The second kappa shape index (κ2) is 5.83. The van der Waals surface area contributed by atoms with Gasteiger partial charge in [-0.15, -0.1) is 0 Å². The van der Waals surface area contributed by atoms with Crippen LogP contribution in [0.1, 0.15) is 22.7 Å². The SMILES string of the molecule is NC(c1ccc(Cl)cc1Cl)c1cccc(C(F)(F)F)c1F. The summed E-state index contributed by atoms with van der Waals surface area (Å²) < 4.78 is 52.2. The van der Waals surface area contributed by atoms with Gasteiger partial charge in [-0.2, -0.15) is 13.2 Å². The lowest BCUT2D eigenvalue weighted by Gasteiger charge is -2.17. The first-order valence-corrected chi connectivity index (χ1v) is 6.53. The van der Waals surface area contributed by atoms with Gasteiger partial charge in [-0.25, -0.2) is 4.39 Å². The van der Waals surface area contributed by atoms with Crippen LogP contribution in [0.25, 0.3) is 0 Å². The van der Waals surface area contributed by atoms with E-state index >= 15 is 0 Å². The second-order valence-corrected chi connectivity index (χ2v) is 5.19. The van der Waals surface area contributed by atoms with E-state index in [4.69, 9.17) is 28.9 Å². The summed E-state index contributed by atoms with van der Waals surface area (Å²) in [7, 11) is 0. The van der Waals surface area contributed by atoms with Crippen molar-refractivity contribution in [3.63, 3.8) is 0 Å². The molecule has 0 bridgehead atoms. The molecule has 2 aromatic rings. The van der Waals surface area contributed by atoms with Gasteiger partial charge in [0.25, 0.3) is 0 Å². The molecule has 0 aliphatic carbocycles. The maximum Gasteiger partial charge on any atom is 0.419 e. The number of rotatable bonds is 2. The molecule has 2 aromatic carbocycles. The minimum absolute atomic E-state index is 0.159. The molecule has 1 atom stereocenters. The molecule has 1 nitrogen and oxygen atoms in total. The standard InChI is InChI=1S/C14H9Cl2F4N/c15-7-4-5-8(11(16)6-7)13(21)9-2-1-3-10(12(9)17)14(18,19)20/h1-6,13H,21H2. The third-order valence-electron chi connectivity index (χ3n) is 2.97. The van der Waals surface area contributed by atoms with Crippen LogP contribution in [0.4, 0.5) is 17.6 Å². The first-order valence-electron chi connectivity index (χ1n) is 5.78. The van der Waals surface area contributed by atoms with Crippen molar-refractivity contribution in [1.82, 2.24) is 0 Å². The summed E-state index contributed by atoms with van der Waals surface area (Å²) in [4.78, 5) is 0. The molecule has 21 heavy (non-hydrogen) atoms. The number of hydrogen-bond donors (Lipinski definition) is 1. The summed E-state index contributed by atoms with van der Waals surface area (Å²) in [5.74, 6) is -1.40. The highest BCUT2D eigenvalue weighted by Crippen LogP contribution is 2.36. The summed E-state index contributed by atoms with van der Waals surface area (Å²) in [6.07, 6.45) is -4.79. The van der Waals surface area contributed by atoms with Gasteiger partial charge in [0.2, 0.25) is 0 Å². The number of hydrogen-bond acceptors (Lipinski definition) is 1. The Morgan fingerprint density at radius 1 is 1.00 bits per heavy atom. The van der Waals surface area contributed by atoms with E-state index in [1.165, 1.54) is 24.3 Å². The highest BCUT2D eigenvalue weighted by molar-refractivity contribution is 6.35. The molecule has 0 aromatic heterocycles. The van der Waals surface area contributed by atoms with Gasteiger partial charge in [-0.3, -0.25) is 0 Å². The molecule has 112 valence electrons. The molecule has 0 radical (unpaired) electrons. The van der Waals surface area contributed by atoms with Crippen molar-refractivity contribution in [1.29, 1.82) is 0 Å². The average molecular weight is 338 g/mol. The van der Waals surface area contributed by atoms with Crippen LogP contribution in [0.3, 0.4) is 0 Å². The highest BCUT2D eigenvalue weighted by Gasteiger charge is 2.35. The molecule has 0 heterocycles. The molecule has 1 unspecified atom stereocenters. The first-order chi connectivity index (χ1) is 9.71. The third-order valence-corrected chi connectivity index (χ3v) is 3.53. The lowest BCUT2D eigenvalue weighted by Crippen LogP contribution is -2.17. The molecule has 0 spiro atoms. The van der Waals surface area contributed by atoms with Gasteiger partial charge in [-0.05, 0) is 23.8 Å². The molecule has 2 rings (SSSR count). The van der Waals surface area contributed by atoms with Crippen molar-refractivity contribution in [3.05, 3.63) is 69.0 Å². The van der Waals surface area contributed by atoms with Crippen LogP contribution < -0.4 is 5.73 Å². The maximum absolute atomic E-state index is 14.0. The van der Waals surface area contributed by atoms with E-state index in [0.717, 1.165) is 6.07 Å². The van der Waals surface area contributed by atoms with E-state index in [9.17, 15) is 17.6 Å². The molecule has 0 saturated carbocycles. The largest absolute Gasteiger partial charge is 0.419 e. The highest BCUT2D eigenvalue weighted by atomic mass is 35.5. The van der Waals surface area contributed by atoms with Gasteiger partial charge in [0.15, 0.2) is 0 Å². The molecular weight excluding hydrogens is 329 g/mol. The van der Waals surface area contributed by atoms with Crippen LogP contribution in [0.2, 0.25) is 10.0 Å². The Balaban J connectivity index is 2.51. The first kappa shape index (κ1) is 16.1. The van der Waals surface area contributed by atoms with Gasteiger partial charge < -0.3 is 5.73 Å². The van der Waals surface area contributed by atoms with Crippen LogP contribution in [0.5, 0.6) is 0 Å². The quantitative estimate of drug-likeness (QED) is 0.749. The smallest absolute Gasteiger partial charge is 0.320 e. The lowest BCUT2D eigenvalue weighted by atomic mass is 9.97. The zero-order valence-corrected chi connectivity index (χ0v) is 11.9. The van der Waals surface area contributed by atoms with Crippen LogP contribution in [-0.4, -0.2) is 0 Å². The van der Waals surface area contributed by atoms with Crippen molar-refractivity contribution in [2.24, 2.45) is 5.73 Å². The van der Waals surface area contributed by atoms with Crippen LogP contribution in [0, 0.1) is 5.82 Å². The summed E-state index contributed by atoms with van der Waals surface area (Å²) in [6.45, 7) is 0. The predicted molar refractivity (Wildman–Crippen MR) is 73.9 cm³/mol. The summed E-state index contributed by atoms with van der Waals surface area (Å²) in [6, 6.07) is 6.16. The Bertz CT molecular complexity index is 671. The third kappa shape index (κ3) is 3.31. The summed E-state index contributed by atoms with van der Waals surface area (Å²) in [5, 5.41) is 0.507. The molecular formula is C14H9Cl2F4N. The fourth-order valence-electron chi connectivity index (χ4n) is 1.93. The molecule has 0 amide bonds. The van der Waals surface area contributed by atoms with Gasteiger partial charge >= 0.3 is 6.18 Å². The van der Waals surface area contributed by atoms with Crippen molar-refractivity contribution < 1.29 is 17.6 Å². The zero-order valence-electron chi connectivity index (χ0n) is 10.4. The van der Waals surface area contributed by atoms with E-state index < -0.39 is 23.6 Å². The van der Waals surface area contributed by atoms with Crippen LogP contribution in [-0.2, 0) is 6.18 Å². The van der Waals surface area contributed by atoms with Crippen molar-refractivity contribution in [2.75, 3.05) is 0 Å². The Morgan fingerprint density at radius 2 is 1.67 bits per heavy atom. The van der Waals surface area contributed by atoms with Gasteiger partial charge in [0, 0.05) is 15.6 Å². The van der Waals surface area contributed by atoms with Crippen molar-refractivity contribution in [3.8, 4) is 0 Å². The normalized spacial score (nSPS) is 13.3. The van der Waals surface area contributed by atoms with Gasteiger partial charge in [0.05, 0.1) is 11.6 Å². The van der Waals surface area contributed by atoms with Crippen LogP contribution >= 0.6 is 23.2 Å². The zero-order chi connectivity index (χ0) is 15.8. The lowest BCUT2D eigenvalue weighted by molar-refractivity contribution is -0.140. The molecule has 0 fully saturated rings. The average Bonchev–Trinajstić information content (AvgIpc) is 2.37. The Hall–Kier alpha value is -1.30. The number of nitrogens with two attached hydrogens (primary N) is 1. The Labute approximate surface area is 128 Å². The second-order valence-electron chi connectivity index (χ2n) is 4.35. The Morgan fingerprint density at radius 3 is 2.24 bits per heavy atom. The molecule has 0 aliphatic rings. The summed E-state index contributed by atoms with van der Waals surface area (Å²) in [5.41, 5.74) is 4.49. The predicted octanol–water partition coefficient (Wildman–Crippen LogP) is 5.20. The summed E-state index contributed by atoms with van der Waals surface area (Å²) >= 11 is 11.7. The molecule has 2 N–H and O–H groups in total. The van der Waals surface area contributed by atoms with Crippen molar-refractivity contribution >= 4 is 23.2 Å². The van der Waals surface area contributed by atoms with E-state index in [-0.39, 0.29) is 10.6 Å². The monoisotopic (exact) mass is 337 g/mol. The molecule has 0 aliphatic heterocycles. The number of benzene rings is 2. The minimum Gasteiger partial charge on any atom is -0.320 e. The van der Waals surface area contributed by atoms with E-state index in [1.54, 1.807) is 0 Å². The van der Waals surface area contributed by atoms with Crippen molar-refractivity contribution in [2.45, 2.75) is 12.2 Å². The molecule has 0 saturated heterocycles. The number of halogens is 6. The topological polar surface area (TPSA) is 26.0 Å². The van der Waals surface area contributed by atoms with E-state index in [0.29, 0.717) is 16.7 Å². The van der Waals surface area contributed by atoms with Gasteiger partial charge in [-0.1, -0.05) is 41.4 Å².